The van der Waals surface area contributed by atoms with Crippen LogP contribution in [-0.4, -0.2) is 48.1 Å². The molecule has 1 saturated heterocycles. The molecule has 2 N–H and O–H groups in total. The van der Waals surface area contributed by atoms with E-state index in [0.717, 1.165) is 24.5 Å². The van der Waals surface area contributed by atoms with Gasteiger partial charge in [0.2, 0.25) is 5.91 Å². The summed E-state index contributed by atoms with van der Waals surface area (Å²) in [4.78, 5) is 30.9. The molecule has 1 aliphatic heterocycles. The zero-order valence-corrected chi connectivity index (χ0v) is 16.3. The number of ether oxygens (including phenoxy) is 1. The van der Waals surface area contributed by atoms with Crippen LogP contribution in [0.3, 0.4) is 0 Å². The summed E-state index contributed by atoms with van der Waals surface area (Å²) < 4.78 is 10.6. The smallest absolute Gasteiger partial charge is 0.255 e. The molecule has 2 aromatic rings. The van der Waals surface area contributed by atoms with Crippen LogP contribution >= 0.6 is 0 Å². The number of amides is 2. The molecule has 2 aromatic heterocycles. The van der Waals surface area contributed by atoms with Crippen LogP contribution in [0.15, 0.2) is 41.3 Å². The average molecular weight is 386 g/mol. The van der Waals surface area contributed by atoms with E-state index < -0.39 is 6.04 Å². The Morgan fingerprint density at radius 3 is 2.61 bits per heavy atom. The monoisotopic (exact) mass is 386 g/mol. The number of hydrogen-bond donors (Lipinski definition) is 2. The highest BCUT2D eigenvalue weighted by molar-refractivity contribution is 5.97. The number of hydrogen-bond acceptors (Lipinski definition) is 6. The number of nitrogens with one attached hydrogen (secondary N) is 2. The highest BCUT2D eigenvalue weighted by Crippen LogP contribution is 2.18. The van der Waals surface area contributed by atoms with E-state index in [4.69, 9.17) is 9.15 Å². The molecule has 8 heteroatoms. The van der Waals surface area contributed by atoms with Crippen LogP contribution in [0.5, 0.6) is 0 Å². The Kier molecular flexibility index (Phi) is 6.30. The van der Waals surface area contributed by atoms with Crippen molar-refractivity contribution >= 4 is 17.6 Å². The number of carbonyl (C=O) groups is 2. The van der Waals surface area contributed by atoms with E-state index in [0.29, 0.717) is 12.1 Å². The summed E-state index contributed by atoms with van der Waals surface area (Å²) in [5.74, 6) is 0.283. The van der Waals surface area contributed by atoms with E-state index in [9.17, 15) is 9.59 Å². The van der Waals surface area contributed by atoms with Crippen LogP contribution in [0.2, 0.25) is 0 Å². The number of nitrogens with zero attached hydrogens (tertiary/aromatic N) is 2. The van der Waals surface area contributed by atoms with E-state index in [1.165, 1.54) is 12.5 Å². The zero-order chi connectivity index (χ0) is 20.1. The van der Waals surface area contributed by atoms with Crippen LogP contribution in [0.1, 0.15) is 36.7 Å². The zero-order valence-electron chi connectivity index (χ0n) is 16.3. The molecule has 0 bridgehead atoms. The summed E-state index contributed by atoms with van der Waals surface area (Å²) in [5, 5.41) is 5.45. The van der Waals surface area contributed by atoms with Gasteiger partial charge in [0, 0.05) is 25.8 Å². The second kappa shape index (κ2) is 8.88. The van der Waals surface area contributed by atoms with Crippen molar-refractivity contribution in [2.45, 2.75) is 45.6 Å². The lowest BCUT2D eigenvalue weighted by molar-refractivity contribution is -0.122. The maximum atomic E-state index is 12.2. The fourth-order valence-corrected chi connectivity index (χ4v) is 3.15. The number of aromatic nitrogens is 1. The molecule has 3 atom stereocenters. The van der Waals surface area contributed by atoms with Gasteiger partial charge in [0.1, 0.15) is 18.1 Å². The minimum atomic E-state index is -0.661. The highest BCUT2D eigenvalue weighted by atomic mass is 16.5. The third kappa shape index (κ3) is 5.10. The minimum absolute atomic E-state index is 0.170. The highest BCUT2D eigenvalue weighted by Gasteiger charge is 2.23. The maximum Gasteiger partial charge on any atom is 0.255 e. The van der Waals surface area contributed by atoms with Crippen LogP contribution in [0.4, 0.5) is 5.82 Å². The molecule has 8 nitrogen and oxygen atoms in total. The molecule has 3 rings (SSSR count). The Balaban J connectivity index is 1.49. The van der Waals surface area contributed by atoms with Gasteiger partial charge in [-0.15, -0.1) is 0 Å². The lowest BCUT2D eigenvalue weighted by Gasteiger charge is -2.36. The molecule has 0 aliphatic carbocycles. The molecule has 150 valence electrons. The first kappa shape index (κ1) is 19.9. The number of pyridine rings is 1. The summed E-state index contributed by atoms with van der Waals surface area (Å²) in [5.41, 5.74) is 1.27. The molecule has 3 heterocycles. The summed E-state index contributed by atoms with van der Waals surface area (Å²) >= 11 is 0. The van der Waals surface area contributed by atoms with Gasteiger partial charge in [-0.25, -0.2) is 4.98 Å². The van der Waals surface area contributed by atoms with E-state index in [1.807, 2.05) is 12.1 Å². The van der Waals surface area contributed by atoms with Crippen LogP contribution in [0, 0.1) is 0 Å². The summed E-state index contributed by atoms with van der Waals surface area (Å²) in [7, 11) is 0. The van der Waals surface area contributed by atoms with Gasteiger partial charge >= 0.3 is 0 Å². The number of furan rings is 1. The molecule has 1 aliphatic rings. The Morgan fingerprint density at radius 2 is 2.00 bits per heavy atom. The summed E-state index contributed by atoms with van der Waals surface area (Å²) in [6, 6.07) is 4.78. The SMILES string of the molecule is C[C@@H]1CN(c2ccc(CNC(=O)[C@H](C)NC(=O)c3ccoc3)cn2)C[C@@H](C)O1. The fourth-order valence-electron chi connectivity index (χ4n) is 3.15. The minimum Gasteiger partial charge on any atom is -0.472 e. The number of rotatable bonds is 6. The molecule has 1 fully saturated rings. The van der Waals surface area contributed by atoms with Crippen molar-refractivity contribution in [3.63, 3.8) is 0 Å². The van der Waals surface area contributed by atoms with Crippen molar-refractivity contribution in [3.8, 4) is 0 Å². The van der Waals surface area contributed by atoms with Gasteiger partial charge in [0.25, 0.3) is 5.91 Å². The predicted octanol–water partition coefficient (Wildman–Crippen LogP) is 1.72. The van der Waals surface area contributed by atoms with E-state index in [1.54, 1.807) is 19.2 Å². The summed E-state index contributed by atoms with van der Waals surface area (Å²) in [6.07, 6.45) is 4.85. The molecule has 0 radical (unpaired) electrons. The van der Waals surface area contributed by atoms with Gasteiger partial charge in [0.05, 0.1) is 24.0 Å². The molecular weight excluding hydrogens is 360 g/mol. The molecule has 0 aromatic carbocycles. The van der Waals surface area contributed by atoms with Crippen LogP contribution in [0.25, 0.3) is 0 Å². The number of anilines is 1. The second-order valence-corrected chi connectivity index (χ2v) is 7.11. The second-order valence-electron chi connectivity index (χ2n) is 7.11. The fraction of sp³-hybridized carbons (Fsp3) is 0.450. The average Bonchev–Trinajstić information content (AvgIpc) is 3.20. The lowest BCUT2D eigenvalue weighted by Crippen LogP contribution is -2.45. The molecule has 0 spiro atoms. The van der Waals surface area contributed by atoms with Gasteiger partial charge in [-0.2, -0.15) is 0 Å². The Morgan fingerprint density at radius 1 is 1.25 bits per heavy atom. The topological polar surface area (TPSA) is 96.7 Å². The van der Waals surface area contributed by atoms with E-state index in [2.05, 4.69) is 34.4 Å². The van der Waals surface area contributed by atoms with Crippen molar-refractivity contribution in [1.29, 1.82) is 0 Å². The van der Waals surface area contributed by atoms with Crippen molar-refractivity contribution in [1.82, 2.24) is 15.6 Å². The molecular formula is C20H26N4O4. The first-order valence-corrected chi connectivity index (χ1v) is 9.38. The normalized spacial score (nSPS) is 20.5. The van der Waals surface area contributed by atoms with Gasteiger partial charge in [-0.1, -0.05) is 6.07 Å². The first-order chi connectivity index (χ1) is 13.4. The van der Waals surface area contributed by atoms with Crippen LogP contribution < -0.4 is 15.5 Å². The van der Waals surface area contributed by atoms with Gasteiger partial charge < -0.3 is 24.7 Å². The Bertz CT molecular complexity index is 781. The van der Waals surface area contributed by atoms with Crippen molar-refractivity contribution < 1.29 is 18.7 Å². The standard InChI is InChI=1S/C20H26N4O4/c1-13-10-24(11-14(2)28-13)18-5-4-16(8-21-18)9-22-19(25)15(3)23-20(26)17-6-7-27-12-17/h4-8,12-15H,9-11H2,1-3H3,(H,22,25)(H,23,26)/t13-,14-,15+/m1/s1. The molecule has 0 unspecified atom stereocenters. The first-order valence-electron chi connectivity index (χ1n) is 9.38. The number of carbonyl (C=O) groups excluding carboxylic acids is 2. The Labute approximate surface area is 164 Å². The third-order valence-corrected chi connectivity index (χ3v) is 4.54. The number of morpholine rings is 1. The third-order valence-electron chi connectivity index (χ3n) is 4.54. The summed E-state index contributed by atoms with van der Waals surface area (Å²) in [6.45, 7) is 7.70. The van der Waals surface area contributed by atoms with Gasteiger partial charge in [-0.3, -0.25) is 9.59 Å². The molecule has 28 heavy (non-hydrogen) atoms. The van der Waals surface area contributed by atoms with Crippen molar-refractivity contribution in [2.75, 3.05) is 18.0 Å². The van der Waals surface area contributed by atoms with Crippen molar-refractivity contribution in [3.05, 3.63) is 48.0 Å². The van der Waals surface area contributed by atoms with E-state index >= 15 is 0 Å². The quantitative estimate of drug-likeness (QED) is 0.785. The molecule has 0 saturated carbocycles. The Hall–Kier alpha value is -2.87. The largest absolute Gasteiger partial charge is 0.472 e. The predicted molar refractivity (Wildman–Crippen MR) is 104 cm³/mol. The lowest BCUT2D eigenvalue weighted by atomic mass is 10.2. The van der Waals surface area contributed by atoms with Gasteiger partial charge in [0.15, 0.2) is 0 Å². The maximum absolute atomic E-state index is 12.2. The van der Waals surface area contributed by atoms with E-state index in [-0.39, 0.29) is 24.0 Å². The van der Waals surface area contributed by atoms with Crippen molar-refractivity contribution in [2.24, 2.45) is 0 Å². The van der Waals surface area contributed by atoms with Gasteiger partial charge in [-0.05, 0) is 38.5 Å². The van der Waals surface area contributed by atoms with Crippen LogP contribution in [-0.2, 0) is 16.1 Å². The molecule has 2 amide bonds.